The highest BCUT2D eigenvalue weighted by Crippen LogP contribution is 2.29. The summed E-state index contributed by atoms with van der Waals surface area (Å²) < 4.78 is 27.4. The summed E-state index contributed by atoms with van der Waals surface area (Å²) >= 11 is 0. The Balaban J connectivity index is 0.00000242. The summed E-state index contributed by atoms with van der Waals surface area (Å²) in [4.78, 5) is 0.479. The largest absolute Gasteiger partial charge is 0.328 e. The fourth-order valence-corrected chi connectivity index (χ4v) is 5.23. The molecule has 1 heterocycles. The van der Waals surface area contributed by atoms with Crippen LogP contribution in [0.3, 0.4) is 0 Å². The van der Waals surface area contributed by atoms with Gasteiger partial charge in [-0.2, -0.15) is 4.31 Å². The third kappa shape index (κ3) is 3.82. The lowest BCUT2D eigenvalue weighted by Crippen LogP contribution is -2.42. The van der Waals surface area contributed by atoms with Crippen molar-refractivity contribution in [2.75, 3.05) is 13.1 Å². The highest BCUT2D eigenvalue weighted by Gasteiger charge is 2.32. The molecule has 1 aliphatic rings. The molecule has 0 amide bonds. The van der Waals surface area contributed by atoms with Crippen LogP contribution in [0.25, 0.3) is 0 Å². The Hall–Kier alpha value is -0.620. The second-order valence-electron chi connectivity index (χ2n) is 6.33. The quantitative estimate of drug-likeness (QED) is 0.915. The molecule has 0 aliphatic carbocycles. The minimum absolute atomic E-state index is 0. The molecule has 0 radical (unpaired) electrons. The molecule has 1 unspecified atom stereocenters. The van der Waals surface area contributed by atoms with E-state index in [-0.39, 0.29) is 18.4 Å². The van der Waals surface area contributed by atoms with E-state index in [1.54, 1.807) is 4.31 Å². The van der Waals surface area contributed by atoms with E-state index in [0.29, 0.717) is 23.9 Å². The van der Waals surface area contributed by atoms with Gasteiger partial charge in [-0.15, -0.1) is 12.4 Å². The van der Waals surface area contributed by atoms with Gasteiger partial charge in [0.25, 0.3) is 0 Å². The molecule has 1 saturated heterocycles. The van der Waals surface area contributed by atoms with E-state index in [2.05, 4.69) is 0 Å². The lowest BCUT2D eigenvalue weighted by Gasteiger charge is -2.33. The number of benzene rings is 1. The van der Waals surface area contributed by atoms with Gasteiger partial charge in [0.15, 0.2) is 0 Å². The van der Waals surface area contributed by atoms with Crippen LogP contribution in [0.1, 0.15) is 36.5 Å². The molecular formula is C16H27ClN2O2S. The van der Waals surface area contributed by atoms with Gasteiger partial charge in [0, 0.05) is 19.1 Å². The molecule has 1 aromatic carbocycles. The van der Waals surface area contributed by atoms with Crippen molar-refractivity contribution in [1.82, 2.24) is 4.31 Å². The first-order chi connectivity index (χ1) is 9.73. The second-order valence-corrected chi connectivity index (χ2v) is 8.20. The molecule has 1 fully saturated rings. The Morgan fingerprint density at radius 2 is 1.59 bits per heavy atom. The maximum atomic E-state index is 12.9. The minimum Gasteiger partial charge on any atom is -0.328 e. The summed E-state index contributed by atoms with van der Waals surface area (Å²) in [5.41, 5.74) is 8.70. The van der Waals surface area contributed by atoms with Gasteiger partial charge >= 0.3 is 0 Å². The van der Waals surface area contributed by atoms with Gasteiger partial charge in [-0.25, -0.2) is 8.42 Å². The Labute approximate surface area is 140 Å². The summed E-state index contributed by atoms with van der Waals surface area (Å²) in [6, 6.07) is 4.01. The van der Waals surface area contributed by atoms with E-state index >= 15 is 0 Å². The summed E-state index contributed by atoms with van der Waals surface area (Å²) in [5.74, 6) is 0.427. The fraction of sp³-hybridized carbons (Fsp3) is 0.625. The van der Waals surface area contributed by atoms with Gasteiger partial charge in [0.2, 0.25) is 10.0 Å². The zero-order valence-electron chi connectivity index (χ0n) is 13.8. The van der Waals surface area contributed by atoms with Crippen molar-refractivity contribution in [2.24, 2.45) is 11.7 Å². The first-order valence-electron chi connectivity index (χ1n) is 7.57. The molecule has 2 N–H and O–H groups in total. The van der Waals surface area contributed by atoms with Crippen molar-refractivity contribution >= 4 is 22.4 Å². The molecule has 126 valence electrons. The normalized spacial score (nSPS) is 18.8. The standard InChI is InChI=1S/C16H26N2O2S.ClH/c1-11-9-12(2)16(13(3)10-11)21(19,20)18-7-5-15(6-8-18)14(4)17;/h9-10,14-15H,5-8,17H2,1-4H3;1H. The monoisotopic (exact) mass is 346 g/mol. The maximum Gasteiger partial charge on any atom is 0.243 e. The van der Waals surface area contributed by atoms with Crippen LogP contribution < -0.4 is 5.73 Å². The van der Waals surface area contributed by atoms with Crippen molar-refractivity contribution in [1.29, 1.82) is 0 Å². The van der Waals surface area contributed by atoms with Crippen LogP contribution in [-0.2, 0) is 10.0 Å². The number of nitrogens with zero attached hydrogens (tertiary/aromatic N) is 1. The highest BCUT2D eigenvalue weighted by atomic mass is 35.5. The van der Waals surface area contributed by atoms with Crippen LogP contribution in [0, 0.1) is 26.7 Å². The molecular weight excluding hydrogens is 320 g/mol. The molecule has 0 spiro atoms. The SMILES string of the molecule is Cc1cc(C)c(S(=O)(=O)N2CCC(C(C)N)CC2)c(C)c1.Cl. The number of rotatable bonds is 3. The number of halogens is 1. The predicted molar refractivity (Wildman–Crippen MR) is 93.0 cm³/mol. The van der Waals surface area contributed by atoms with Crippen molar-refractivity contribution in [3.05, 3.63) is 28.8 Å². The topological polar surface area (TPSA) is 63.4 Å². The number of piperidine rings is 1. The van der Waals surface area contributed by atoms with Crippen LogP contribution in [0.5, 0.6) is 0 Å². The Bertz CT molecular complexity index is 598. The predicted octanol–water partition coefficient (Wildman–Crippen LogP) is 2.78. The van der Waals surface area contributed by atoms with Gasteiger partial charge in [-0.1, -0.05) is 17.7 Å². The molecule has 0 aromatic heterocycles. The third-order valence-corrected chi connectivity index (χ3v) is 6.65. The Kier molecular flexibility index (Phi) is 6.45. The average Bonchev–Trinajstić information content (AvgIpc) is 2.37. The zero-order chi connectivity index (χ0) is 15.8. The van der Waals surface area contributed by atoms with Gasteiger partial charge in [0.1, 0.15) is 0 Å². The number of aryl methyl sites for hydroxylation is 3. The Morgan fingerprint density at radius 3 is 2.00 bits per heavy atom. The molecule has 1 atom stereocenters. The van der Waals surface area contributed by atoms with Gasteiger partial charge < -0.3 is 5.73 Å². The lowest BCUT2D eigenvalue weighted by atomic mass is 9.92. The number of sulfonamides is 1. The Morgan fingerprint density at radius 1 is 1.14 bits per heavy atom. The van der Waals surface area contributed by atoms with Gasteiger partial charge in [-0.3, -0.25) is 0 Å². The molecule has 2 rings (SSSR count). The molecule has 0 saturated carbocycles. The van der Waals surface area contributed by atoms with Gasteiger partial charge in [0.05, 0.1) is 4.90 Å². The van der Waals surface area contributed by atoms with Crippen LogP contribution in [0.4, 0.5) is 0 Å². The average molecular weight is 347 g/mol. The summed E-state index contributed by atoms with van der Waals surface area (Å²) in [6.07, 6.45) is 1.70. The summed E-state index contributed by atoms with van der Waals surface area (Å²) in [7, 11) is -3.40. The van der Waals surface area contributed by atoms with Crippen LogP contribution in [0.15, 0.2) is 17.0 Å². The van der Waals surface area contributed by atoms with E-state index in [9.17, 15) is 8.42 Å². The fourth-order valence-electron chi connectivity index (χ4n) is 3.34. The molecule has 6 heteroatoms. The van der Waals surface area contributed by atoms with E-state index in [1.165, 1.54) is 0 Å². The van der Waals surface area contributed by atoms with Gasteiger partial charge in [-0.05, 0) is 57.6 Å². The van der Waals surface area contributed by atoms with Crippen molar-refractivity contribution < 1.29 is 8.42 Å². The lowest BCUT2D eigenvalue weighted by molar-refractivity contribution is 0.250. The van der Waals surface area contributed by atoms with E-state index in [1.807, 2.05) is 39.8 Å². The summed E-state index contributed by atoms with van der Waals surface area (Å²) in [5, 5.41) is 0. The smallest absolute Gasteiger partial charge is 0.243 e. The third-order valence-electron chi connectivity index (χ3n) is 4.44. The van der Waals surface area contributed by atoms with Crippen LogP contribution in [0.2, 0.25) is 0 Å². The van der Waals surface area contributed by atoms with Crippen LogP contribution in [-0.4, -0.2) is 31.9 Å². The van der Waals surface area contributed by atoms with Crippen molar-refractivity contribution in [3.63, 3.8) is 0 Å². The minimum atomic E-state index is -3.40. The molecule has 1 aliphatic heterocycles. The van der Waals surface area contributed by atoms with Crippen LogP contribution >= 0.6 is 12.4 Å². The first kappa shape index (κ1) is 19.4. The second kappa shape index (κ2) is 7.30. The zero-order valence-corrected chi connectivity index (χ0v) is 15.4. The molecule has 1 aromatic rings. The van der Waals surface area contributed by atoms with Crippen molar-refractivity contribution in [3.8, 4) is 0 Å². The van der Waals surface area contributed by atoms with E-state index < -0.39 is 10.0 Å². The maximum absolute atomic E-state index is 12.9. The molecule has 0 bridgehead atoms. The first-order valence-corrected chi connectivity index (χ1v) is 9.01. The number of hydrogen-bond acceptors (Lipinski definition) is 3. The highest BCUT2D eigenvalue weighted by molar-refractivity contribution is 7.89. The summed E-state index contributed by atoms with van der Waals surface area (Å²) in [6.45, 7) is 8.89. The molecule has 22 heavy (non-hydrogen) atoms. The van der Waals surface area contributed by atoms with Crippen molar-refractivity contribution in [2.45, 2.75) is 51.5 Å². The molecule has 4 nitrogen and oxygen atoms in total. The number of hydrogen-bond donors (Lipinski definition) is 1. The van der Waals surface area contributed by atoms with E-state index in [4.69, 9.17) is 5.73 Å². The van der Waals surface area contributed by atoms with E-state index in [0.717, 1.165) is 29.5 Å². The number of nitrogens with two attached hydrogens (primary N) is 1.